The number of nitrogens with one attached hydrogen (secondary N) is 1. The Morgan fingerprint density at radius 3 is 2.96 bits per heavy atom. The molecule has 1 atom stereocenters. The molecular weight excluding hydrogens is 320 g/mol. The molecule has 1 aromatic carbocycles. The molecule has 1 aliphatic heterocycles. The number of aryl methyl sites for hydroxylation is 1. The van der Waals surface area contributed by atoms with Crippen LogP contribution in [-0.2, 0) is 13.1 Å². The minimum Gasteiger partial charge on any atom is -0.395 e. The molecule has 0 spiro atoms. The van der Waals surface area contributed by atoms with Crippen LogP contribution in [0.15, 0.2) is 24.3 Å². The fraction of sp³-hybridized carbons (Fsp3) is 0.444. The van der Waals surface area contributed by atoms with Crippen molar-refractivity contribution in [1.29, 1.82) is 5.26 Å². The first kappa shape index (κ1) is 16.9. The highest BCUT2D eigenvalue weighted by Crippen LogP contribution is 2.25. The lowest BCUT2D eigenvalue weighted by Gasteiger charge is -2.24. The van der Waals surface area contributed by atoms with Crippen molar-refractivity contribution < 1.29 is 5.11 Å². The van der Waals surface area contributed by atoms with Crippen molar-refractivity contribution in [3.63, 3.8) is 0 Å². The van der Waals surface area contributed by atoms with Gasteiger partial charge in [-0.3, -0.25) is 4.90 Å². The van der Waals surface area contributed by atoms with Crippen LogP contribution in [0.5, 0.6) is 0 Å². The largest absolute Gasteiger partial charge is 0.395 e. The minimum absolute atomic E-state index is 0.228. The first-order chi connectivity index (χ1) is 11.7. The van der Waals surface area contributed by atoms with Crippen LogP contribution < -0.4 is 5.32 Å². The van der Waals surface area contributed by atoms with Gasteiger partial charge in [0.15, 0.2) is 0 Å². The topological polar surface area (TPSA) is 72.2 Å². The molecule has 2 N–H and O–H groups in total. The number of aromatic nitrogens is 1. The Balaban J connectivity index is 1.71. The molecule has 126 valence electrons. The maximum Gasteiger partial charge on any atom is 0.127 e. The summed E-state index contributed by atoms with van der Waals surface area (Å²) < 4.78 is 4.25. The van der Waals surface area contributed by atoms with Crippen LogP contribution in [0.25, 0.3) is 0 Å². The molecule has 0 unspecified atom stereocenters. The molecule has 24 heavy (non-hydrogen) atoms. The van der Waals surface area contributed by atoms with E-state index >= 15 is 0 Å². The summed E-state index contributed by atoms with van der Waals surface area (Å²) in [5, 5.41) is 22.9. The summed E-state index contributed by atoms with van der Waals surface area (Å²) >= 11 is 1.34. The van der Waals surface area contributed by atoms with E-state index in [2.05, 4.69) is 38.9 Å². The van der Waals surface area contributed by atoms with Crippen molar-refractivity contribution >= 4 is 16.5 Å². The summed E-state index contributed by atoms with van der Waals surface area (Å²) in [6.45, 7) is 4.66. The van der Waals surface area contributed by atoms with Gasteiger partial charge < -0.3 is 10.4 Å². The predicted octanol–water partition coefficient (Wildman–Crippen LogP) is 2.89. The fourth-order valence-corrected chi connectivity index (χ4v) is 3.95. The van der Waals surface area contributed by atoms with E-state index in [4.69, 9.17) is 0 Å². The Labute approximate surface area is 146 Å². The highest BCUT2D eigenvalue weighted by Gasteiger charge is 2.24. The predicted molar refractivity (Wildman–Crippen MR) is 95.9 cm³/mol. The van der Waals surface area contributed by atoms with Crippen molar-refractivity contribution in [3.8, 4) is 6.07 Å². The number of hydrogen-bond acceptors (Lipinski definition) is 6. The highest BCUT2D eigenvalue weighted by atomic mass is 32.1. The maximum absolute atomic E-state index is 9.51. The Bertz CT molecular complexity index is 737. The summed E-state index contributed by atoms with van der Waals surface area (Å²) in [6.07, 6.45) is 2.22. The first-order valence-corrected chi connectivity index (χ1v) is 9.02. The van der Waals surface area contributed by atoms with Gasteiger partial charge in [0.2, 0.25) is 0 Å². The van der Waals surface area contributed by atoms with Gasteiger partial charge in [-0.15, -0.1) is 0 Å². The Hall–Kier alpha value is -1.94. The van der Waals surface area contributed by atoms with Gasteiger partial charge >= 0.3 is 0 Å². The summed E-state index contributed by atoms with van der Waals surface area (Å²) in [7, 11) is 0. The second-order valence-electron chi connectivity index (χ2n) is 6.16. The zero-order valence-corrected chi connectivity index (χ0v) is 14.6. The molecule has 0 saturated carbocycles. The van der Waals surface area contributed by atoms with E-state index in [0.717, 1.165) is 36.6 Å². The number of rotatable bonds is 6. The van der Waals surface area contributed by atoms with E-state index in [1.807, 2.05) is 13.0 Å². The monoisotopic (exact) mass is 342 g/mol. The smallest absolute Gasteiger partial charge is 0.127 e. The van der Waals surface area contributed by atoms with Crippen molar-refractivity contribution in [2.24, 2.45) is 0 Å². The van der Waals surface area contributed by atoms with Crippen molar-refractivity contribution in [2.75, 3.05) is 18.5 Å². The normalized spacial score (nSPS) is 17.8. The highest BCUT2D eigenvalue weighted by molar-refractivity contribution is 7.10. The zero-order valence-electron chi connectivity index (χ0n) is 13.8. The second kappa shape index (κ2) is 7.75. The number of aliphatic hydroxyl groups is 1. The molecule has 0 aliphatic carbocycles. The molecule has 0 bridgehead atoms. The van der Waals surface area contributed by atoms with Crippen LogP contribution in [0.4, 0.5) is 5.00 Å². The molecule has 2 heterocycles. The van der Waals surface area contributed by atoms with E-state index in [1.165, 1.54) is 22.7 Å². The molecule has 1 saturated heterocycles. The summed E-state index contributed by atoms with van der Waals surface area (Å²) in [5.74, 6) is 0. The average molecular weight is 342 g/mol. The maximum atomic E-state index is 9.51. The van der Waals surface area contributed by atoms with E-state index < -0.39 is 0 Å². The lowest BCUT2D eigenvalue weighted by Crippen LogP contribution is -2.32. The minimum atomic E-state index is 0.228. The van der Waals surface area contributed by atoms with Gasteiger partial charge in [0.25, 0.3) is 0 Å². The standard InChI is InChI=1S/C18H22N4OS/c1-13-17(9-19)18(24-21-13)20-10-14-5-2-3-6-15(14)11-22-8-4-7-16(22)12-23/h2-3,5-6,16,20,23H,4,7-8,10-12H2,1H3/t16-/m1/s1. The Kier molecular flexibility index (Phi) is 5.46. The average Bonchev–Trinajstić information content (AvgIpc) is 3.19. The van der Waals surface area contributed by atoms with Crippen LogP contribution in [-0.4, -0.2) is 33.6 Å². The van der Waals surface area contributed by atoms with Gasteiger partial charge in [0, 0.05) is 19.1 Å². The Morgan fingerprint density at radius 1 is 1.42 bits per heavy atom. The third-order valence-electron chi connectivity index (χ3n) is 4.62. The van der Waals surface area contributed by atoms with Crippen molar-refractivity contribution in [2.45, 2.75) is 38.9 Å². The number of nitriles is 1. The van der Waals surface area contributed by atoms with Gasteiger partial charge in [-0.05, 0) is 49.0 Å². The van der Waals surface area contributed by atoms with Crippen LogP contribution >= 0.6 is 11.5 Å². The van der Waals surface area contributed by atoms with E-state index in [0.29, 0.717) is 12.1 Å². The van der Waals surface area contributed by atoms with E-state index in [1.54, 1.807) is 0 Å². The molecule has 1 aromatic heterocycles. The number of nitrogens with zero attached hydrogens (tertiary/aromatic N) is 3. The zero-order chi connectivity index (χ0) is 16.9. The molecule has 5 nitrogen and oxygen atoms in total. The second-order valence-corrected chi connectivity index (χ2v) is 6.93. The summed E-state index contributed by atoms with van der Waals surface area (Å²) in [4.78, 5) is 2.36. The molecule has 1 aliphatic rings. The quantitative estimate of drug-likeness (QED) is 0.844. The van der Waals surface area contributed by atoms with E-state index in [9.17, 15) is 10.4 Å². The molecule has 2 aromatic rings. The van der Waals surface area contributed by atoms with Gasteiger partial charge in [-0.25, -0.2) is 0 Å². The molecule has 1 fully saturated rings. The van der Waals surface area contributed by atoms with Crippen LogP contribution in [0.3, 0.4) is 0 Å². The molecular formula is C18H22N4OS. The summed E-state index contributed by atoms with van der Waals surface area (Å²) in [6, 6.07) is 10.9. The van der Waals surface area contributed by atoms with Gasteiger partial charge in [0.05, 0.1) is 12.3 Å². The summed E-state index contributed by atoms with van der Waals surface area (Å²) in [5.41, 5.74) is 3.90. The lowest BCUT2D eigenvalue weighted by atomic mass is 10.1. The third kappa shape index (κ3) is 3.59. The molecule has 6 heteroatoms. The SMILES string of the molecule is Cc1nsc(NCc2ccccc2CN2CCC[C@@H]2CO)c1C#N. The number of benzene rings is 1. The van der Waals surface area contributed by atoms with Crippen molar-refractivity contribution in [3.05, 3.63) is 46.6 Å². The van der Waals surface area contributed by atoms with Crippen LogP contribution in [0.1, 0.15) is 35.2 Å². The first-order valence-electron chi connectivity index (χ1n) is 8.25. The van der Waals surface area contributed by atoms with Crippen molar-refractivity contribution in [1.82, 2.24) is 9.27 Å². The number of anilines is 1. The van der Waals surface area contributed by atoms with Crippen LogP contribution in [0.2, 0.25) is 0 Å². The fourth-order valence-electron chi connectivity index (χ4n) is 3.21. The van der Waals surface area contributed by atoms with Gasteiger partial charge in [-0.2, -0.15) is 9.64 Å². The number of hydrogen-bond donors (Lipinski definition) is 2. The molecule has 0 amide bonds. The van der Waals surface area contributed by atoms with E-state index in [-0.39, 0.29) is 12.6 Å². The Morgan fingerprint density at radius 2 is 2.21 bits per heavy atom. The third-order valence-corrected chi connectivity index (χ3v) is 5.51. The molecule has 3 rings (SSSR count). The number of aliphatic hydroxyl groups excluding tert-OH is 1. The van der Waals surface area contributed by atoms with Gasteiger partial charge in [0.1, 0.15) is 16.6 Å². The van der Waals surface area contributed by atoms with Gasteiger partial charge in [-0.1, -0.05) is 24.3 Å². The van der Waals surface area contributed by atoms with Crippen LogP contribution in [0, 0.1) is 18.3 Å². The number of likely N-dealkylation sites (tertiary alicyclic amines) is 1. The molecule has 0 radical (unpaired) electrons. The lowest BCUT2D eigenvalue weighted by molar-refractivity contribution is 0.153.